The second-order valence-electron chi connectivity index (χ2n) is 11.6. The Labute approximate surface area is 232 Å². The minimum atomic E-state index is -4.10. The average Bonchev–Trinajstić information content (AvgIpc) is 3.73. The third kappa shape index (κ3) is 2.54. The van der Waals surface area contributed by atoms with Crippen LogP contribution in [-0.4, -0.2) is 27.3 Å². The molecule has 8 atom stereocenters. The highest BCUT2D eigenvalue weighted by Crippen LogP contribution is 2.81. The van der Waals surface area contributed by atoms with Crippen molar-refractivity contribution in [1.82, 2.24) is 0 Å². The highest BCUT2D eigenvalue weighted by atomic mass is 32.2. The van der Waals surface area contributed by atoms with E-state index in [-0.39, 0.29) is 21.6 Å². The summed E-state index contributed by atoms with van der Waals surface area (Å²) in [5.41, 5.74) is -1.91. The Kier molecular flexibility index (Phi) is 4.90. The lowest BCUT2D eigenvalue weighted by atomic mass is 9.36. The molecular weight excluding hydrogens is 544 g/mol. The van der Waals surface area contributed by atoms with Crippen LogP contribution >= 0.6 is 0 Å². The largest absolute Gasteiger partial charge is 0.223 e. The molecule has 5 aliphatic rings. The van der Waals surface area contributed by atoms with E-state index in [1.165, 1.54) is 24.3 Å². The van der Waals surface area contributed by atoms with E-state index >= 15 is 0 Å². The van der Waals surface area contributed by atoms with Gasteiger partial charge in [0.15, 0.2) is 30.5 Å². The zero-order valence-electron chi connectivity index (χ0n) is 21.0. The van der Waals surface area contributed by atoms with E-state index in [4.69, 9.17) is 0 Å². The monoisotopic (exact) mass is 566 g/mol. The number of hydrogen-bond donors (Lipinski definition) is 0. The lowest BCUT2D eigenvalue weighted by Gasteiger charge is -2.58. The van der Waals surface area contributed by atoms with E-state index in [9.17, 15) is 37.9 Å². The predicted octanol–water partition coefficient (Wildman–Crippen LogP) is 3.58. The SMILES string of the molecule is N#CC1(C#N)[C@H]2[C@@H]([C@H]3C[C@H]2C2=C3[C@H]3C[C@H]2[C@H](S(=O)(=O)c2ccccc2)[C@@H]3S(=O)(=O)c2ccccc2)C1(C#N)C#N. The number of sulfone groups is 2. The van der Waals surface area contributed by atoms with Gasteiger partial charge in [-0.3, -0.25) is 0 Å². The summed E-state index contributed by atoms with van der Waals surface area (Å²) < 4.78 is 56.9. The first-order valence-electron chi connectivity index (χ1n) is 13.1. The van der Waals surface area contributed by atoms with Crippen molar-refractivity contribution in [2.75, 3.05) is 0 Å². The second-order valence-corrected chi connectivity index (χ2v) is 15.8. The van der Waals surface area contributed by atoms with Gasteiger partial charge < -0.3 is 0 Å². The molecule has 3 fully saturated rings. The number of fused-ring (bicyclic) bond motifs is 11. The van der Waals surface area contributed by atoms with E-state index < -0.39 is 64.7 Å². The molecule has 0 aliphatic heterocycles. The zero-order chi connectivity index (χ0) is 28.2. The van der Waals surface area contributed by atoms with Crippen LogP contribution in [0.25, 0.3) is 0 Å². The molecule has 2 aromatic rings. The van der Waals surface area contributed by atoms with Crippen molar-refractivity contribution in [3.8, 4) is 24.3 Å². The summed E-state index contributed by atoms with van der Waals surface area (Å²) in [6.45, 7) is 0. The van der Waals surface area contributed by atoms with Gasteiger partial charge in [0, 0.05) is 11.8 Å². The average molecular weight is 567 g/mol. The number of rotatable bonds is 4. The first-order chi connectivity index (χ1) is 19.2. The smallest absolute Gasteiger partial charge is 0.183 e. The highest BCUT2D eigenvalue weighted by molar-refractivity contribution is 7.96. The normalized spacial score (nSPS) is 35.4. The van der Waals surface area contributed by atoms with Crippen LogP contribution in [0.4, 0.5) is 0 Å². The molecule has 8 nitrogen and oxygen atoms in total. The van der Waals surface area contributed by atoms with Crippen molar-refractivity contribution in [3.05, 3.63) is 71.8 Å². The third-order valence-corrected chi connectivity index (χ3v) is 15.2. The standard InChI is InChI=1S/C30H22N4O4S2/c31-13-29(14-32)25-19-11-20(26(25)30(29,15-33)16-34)24-22-12-21(23(19)24)27(39(35,36)17-7-3-1-4-8-17)28(22)40(37,38)18-9-5-2-6-10-18/h1-10,19-22,25-28H,11-12H2/t19-,20-,21+,22+,25+,26+,27-,28+/m0/s1. The van der Waals surface area contributed by atoms with Gasteiger partial charge in [0.05, 0.1) is 44.6 Å². The van der Waals surface area contributed by atoms with Crippen LogP contribution in [0.3, 0.4) is 0 Å². The van der Waals surface area contributed by atoms with Gasteiger partial charge in [0.2, 0.25) is 0 Å². The molecule has 0 unspecified atom stereocenters. The van der Waals surface area contributed by atoms with Crippen molar-refractivity contribution in [1.29, 1.82) is 21.0 Å². The Morgan fingerprint density at radius 3 is 1.20 bits per heavy atom. The number of nitriles is 4. The fourth-order valence-electron chi connectivity index (χ4n) is 9.31. The van der Waals surface area contributed by atoms with E-state index in [0.29, 0.717) is 12.8 Å². The van der Waals surface area contributed by atoms with Gasteiger partial charge in [-0.25, -0.2) is 16.8 Å². The summed E-state index contributed by atoms with van der Waals surface area (Å²) in [5.74, 6) is -2.95. The van der Waals surface area contributed by atoms with E-state index in [1.54, 1.807) is 36.4 Å². The predicted molar refractivity (Wildman–Crippen MR) is 139 cm³/mol. The molecule has 0 aromatic heterocycles. The fourth-order valence-corrected chi connectivity index (χ4v) is 14.4. The van der Waals surface area contributed by atoms with Crippen molar-refractivity contribution in [3.63, 3.8) is 0 Å². The molecule has 5 aliphatic carbocycles. The molecule has 198 valence electrons. The van der Waals surface area contributed by atoms with Crippen molar-refractivity contribution < 1.29 is 16.8 Å². The van der Waals surface area contributed by atoms with Gasteiger partial charge >= 0.3 is 0 Å². The number of nitrogens with zero attached hydrogens (tertiary/aromatic N) is 4. The Bertz CT molecular complexity index is 1730. The molecule has 0 radical (unpaired) electrons. The second kappa shape index (κ2) is 7.82. The Morgan fingerprint density at radius 2 is 0.875 bits per heavy atom. The minimum absolute atomic E-state index is 0.0593. The minimum Gasteiger partial charge on any atom is -0.223 e. The zero-order valence-corrected chi connectivity index (χ0v) is 22.7. The lowest BCUT2D eigenvalue weighted by molar-refractivity contribution is -0.0709. The van der Waals surface area contributed by atoms with Gasteiger partial charge in [-0.15, -0.1) is 0 Å². The Hall–Kier alpha value is -3.96. The molecule has 7 rings (SSSR count). The maximum atomic E-state index is 14.2. The summed E-state index contributed by atoms with van der Waals surface area (Å²) in [6.07, 6.45) is 0.836. The van der Waals surface area contributed by atoms with Crippen molar-refractivity contribution >= 4 is 19.7 Å². The molecule has 0 amide bonds. The number of benzene rings is 2. The maximum Gasteiger partial charge on any atom is 0.183 e. The summed E-state index contributed by atoms with van der Waals surface area (Å²) in [5, 5.41) is 38.0. The van der Waals surface area contributed by atoms with Crippen LogP contribution in [-0.2, 0) is 19.7 Å². The summed E-state index contributed by atoms with van der Waals surface area (Å²) in [7, 11) is -8.20. The third-order valence-electron chi connectivity index (χ3n) is 10.5. The number of allylic oxidation sites excluding steroid dienone is 2. The van der Waals surface area contributed by atoms with Crippen molar-refractivity contribution in [2.45, 2.75) is 33.1 Å². The van der Waals surface area contributed by atoms with Gasteiger partial charge in [-0.1, -0.05) is 47.5 Å². The molecule has 40 heavy (non-hydrogen) atoms. The van der Waals surface area contributed by atoms with Gasteiger partial charge in [0.1, 0.15) is 0 Å². The van der Waals surface area contributed by atoms with E-state index in [1.807, 2.05) is 24.3 Å². The van der Waals surface area contributed by atoms with Crippen LogP contribution in [0, 0.1) is 91.7 Å². The van der Waals surface area contributed by atoms with Crippen LogP contribution in [0.15, 0.2) is 81.6 Å². The molecular formula is C30H22N4O4S2. The Balaban J connectivity index is 1.43. The Morgan fingerprint density at radius 1 is 0.550 bits per heavy atom. The molecule has 10 heteroatoms. The molecule has 2 aromatic carbocycles. The quantitative estimate of drug-likeness (QED) is 0.400. The first kappa shape index (κ1) is 25.0. The van der Waals surface area contributed by atoms with Crippen LogP contribution in [0.2, 0.25) is 0 Å². The first-order valence-corrected chi connectivity index (χ1v) is 16.2. The van der Waals surface area contributed by atoms with Crippen LogP contribution in [0.5, 0.6) is 0 Å². The maximum absolute atomic E-state index is 14.2. The molecule has 0 spiro atoms. The molecule has 0 N–H and O–H groups in total. The molecule has 3 saturated carbocycles. The lowest BCUT2D eigenvalue weighted by Crippen LogP contribution is -2.66. The summed E-state index contributed by atoms with van der Waals surface area (Å²) in [6, 6.07) is 23.8. The number of hydrogen-bond acceptors (Lipinski definition) is 8. The van der Waals surface area contributed by atoms with Crippen molar-refractivity contribution in [2.24, 2.45) is 46.3 Å². The van der Waals surface area contributed by atoms with E-state index in [2.05, 4.69) is 0 Å². The molecule has 4 bridgehead atoms. The van der Waals surface area contributed by atoms with Gasteiger partial charge in [-0.05, 0) is 60.8 Å². The topological polar surface area (TPSA) is 163 Å². The summed E-state index contributed by atoms with van der Waals surface area (Å²) >= 11 is 0. The molecule has 0 saturated heterocycles. The fraction of sp³-hybridized carbons (Fsp3) is 0.400. The van der Waals surface area contributed by atoms with Crippen LogP contribution in [0.1, 0.15) is 12.8 Å². The van der Waals surface area contributed by atoms with Gasteiger partial charge in [0.25, 0.3) is 0 Å². The summed E-state index contributed by atoms with van der Waals surface area (Å²) in [4.78, 5) is 0.119. The van der Waals surface area contributed by atoms with Gasteiger partial charge in [-0.2, -0.15) is 21.0 Å². The van der Waals surface area contributed by atoms with E-state index in [0.717, 1.165) is 11.1 Å². The van der Waals surface area contributed by atoms with Crippen LogP contribution < -0.4 is 0 Å². The molecule has 0 heterocycles. The highest BCUT2D eigenvalue weighted by Gasteiger charge is 2.84.